The van der Waals surface area contributed by atoms with E-state index in [1.54, 1.807) is 13.8 Å². The van der Waals surface area contributed by atoms with Crippen LogP contribution in [-0.4, -0.2) is 80.3 Å². The van der Waals surface area contributed by atoms with Gasteiger partial charge in [-0.15, -0.1) is 0 Å². The topological polar surface area (TPSA) is 110 Å². The van der Waals surface area contributed by atoms with Crippen molar-refractivity contribution in [1.82, 2.24) is 0 Å². The minimum atomic E-state index is -2.28. The van der Waals surface area contributed by atoms with E-state index in [9.17, 15) is 9.00 Å². The minimum absolute atomic E-state index is 0.0724. The van der Waals surface area contributed by atoms with E-state index in [1.807, 2.05) is 0 Å². The maximum atomic E-state index is 10.9. The number of hydrogen-bond donors (Lipinski definition) is 1. The first-order valence-corrected chi connectivity index (χ1v) is 8.34. The molecule has 0 aromatic rings. The van der Waals surface area contributed by atoms with E-state index < -0.39 is 17.5 Å². The van der Waals surface area contributed by atoms with E-state index in [0.717, 1.165) is 0 Å². The number of hydrogen-bond acceptors (Lipinski definition) is 8. The molecule has 1 N–H and O–H groups in total. The van der Waals surface area contributed by atoms with Crippen LogP contribution >= 0.6 is 0 Å². The van der Waals surface area contributed by atoms with E-state index in [0.29, 0.717) is 46.2 Å². The third-order valence-electron chi connectivity index (χ3n) is 2.24. The second kappa shape index (κ2) is 16.2. The molecule has 0 bridgehead atoms. The van der Waals surface area contributed by atoms with E-state index in [4.69, 9.17) is 28.2 Å². The summed E-state index contributed by atoms with van der Waals surface area (Å²) in [6.07, 6.45) is -0.459. The first-order chi connectivity index (χ1) is 11.1. The quantitative estimate of drug-likeness (QED) is 0.234. The van der Waals surface area contributed by atoms with Crippen LogP contribution in [0.4, 0.5) is 0 Å². The normalized spacial score (nSPS) is 13.7. The summed E-state index contributed by atoms with van der Waals surface area (Å²) in [7, 11) is 0. The third-order valence-corrected chi connectivity index (χ3v) is 2.73. The lowest BCUT2D eigenvalue weighted by molar-refractivity contribution is -0.149. The van der Waals surface area contributed by atoms with Crippen molar-refractivity contribution >= 4 is 17.3 Å². The lowest BCUT2D eigenvalue weighted by Crippen LogP contribution is -2.19. The van der Waals surface area contributed by atoms with Gasteiger partial charge in [-0.05, 0) is 13.8 Å². The molecule has 0 spiro atoms. The van der Waals surface area contributed by atoms with Gasteiger partial charge < -0.3 is 23.7 Å². The van der Waals surface area contributed by atoms with E-state index in [2.05, 4.69) is 4.18 Å². The summed E-state index contributed by atoms with van der Waals surface area (Å²) in [5.74, 6) is -0.388. The van der Waals surface area contributed by atoms with Crippen molar-refractivity contribution < 1.29 is 41.4 Å². The Morgan fingerprint density at radius 3 is 2.04 bits per heavy atom. The van der Waals surface area contributed by atoms with Crippen molar-refractivity contribution in [1.29, 1.82) is 0 Å². The van der Waals surface area contributed by atoms with Gasteiger partial charge in [0.15, 0.2) is 0 Å². The van der Waals surface area contributed by atoms with Crippen LogP contribution in [0.5, 0.6) is 0 Å². The summed E-state index contributed by atoms with van der Waals surface area (Å²) < 4.78 is 48.8. The Morgan fingerprint density at radius 1 is 1.00 bits per heavy atom. The lowest BCUT2D eigenvalue weighted by Gasteiger charge is -2.10. The van der Waals surface area contributed by atoms with Gasteiger partial charge in [-0.1, -0.05) is 0 Å². The van der Waals surface area contributed by atoms with Crippen molar-refractivity contribution in [2.24, 2.45) is 0 Å². The molecule has 23 heavy (non-hydrogen) atoms. The first kappa shape index (κ1) is 22.4. The molecule has 0 saturated carbocycles. The smallest absolute Gasteiger partial charge is 0.332 e. The van der Waals surface area contributed by atoms with Gasteiger partial charge in [0.05, 0.1) is 59.0 Å². The molecule has 0 aromatic heterocycles. The van der Waals surface area contributed by atoms with Gasteiger partial charge in [0, 0.05) is 0 Å². The van der Waals surface area contributed by atoms with Crippen molar-refractivity contribution in [2.45, 2.75) is 20.0 Å². The molecule has 0 radical (unpaired) electrons. The molecule has 0 saturated heterocycles. The number of carbonyl (C=O) groups excluding carboxylic acids is 1. The van der Waals surface area contributed by atoms with Crippen LogP contribution in [0.15, 0.2) is 0 Å². The highest BCUT2D eigenvalue weighted by Gasteiger charge is 2.05. The second-order valence-corrected chi connectivity index (χ2v) is 4.91. The predicted molar refractivity (Wildman–Crippen MR) is 81.2 cm³/mol. The fraction of sp³-hybridized carbons (Fsp3) is 0.923. The fourth-order valence-corrected chi connectivity index (χ4v) is 1.67. The Kier molecular flexibility index (Phi) is 15.8. The van der Waals surface area contributed by atoms with E-state index in [1.165, 1.54) is 0 Å². The fourth-order valence-electron chi connectivity index (χ4n) is 1.33. The molecule has 0 fully saturated rings. The van der Waals surface area contributed by atoms with Gasteiger partial charge in [0.2, 0.25) is 0 Å². The maximum absolute atomic E-state index is 10.9. The van der Waals surface area contributed by atoms with Crippen LogP contribution in [0.1, 0.15) is 13.8 Å². The van der Waals surface area contributed by atoms with Crippen LogP contribution in [0, 0.1) is 0 Å². The molecule has 138 valence electrons. The van der Waals surface area contributed by atoms with Gasteiger partial charge >= 0.3 is 17.3 Å². The van der Waals surface area contributed by atoms with Crippen LogP contribution < -0.4 is 0 Å². The summed E-state index contributed by atoms with van der Waals surface area (Å²) in [6.45, 7) is 6.09. The molecule has 0 amide bonds. The van der Waals surface area contributed by atoms with Crippen LogP contribution in [0.3, 0.4) is 0 Å². The first-order valence-electron chi connectivity index (χ1n) is 7.30. The molecular formula is C13H26O9S. The van der Waals surface area contributed by atoms with E-state index in [-0.39, 0.29) is 19.2 Å². The largest absolute Gasteiger partial charge is 0.464 e. The number of carbonyl (C=O) groups is 1. The Labute approximate surface area is 139 Å². The van der Waals surface area contributed by atoms with Crippen molar-refractivity contribution in [3.63, 3.8) is 0 Å². The maximum Gasteiger partial charge on any atom is 0.332 e. The highest BCUT2D eigenvalue weighted by atomic mass is 32.2. The zero-order valence-electron chi connectivity index (χ0n) is 13.6. The summed E-state index contributed by atoms with van der Waals surface area (Å²) in [5.41, 5.74) is 0. The van der Waals surface area contributed by atoms with E-state index >= 15 is 0 Å². The summed E-state index contributed by atoms with van der Waals surface area (Å²) in [6, 6.07) is 0. The number of rotatable bonds is 16. The second-order valence-electron chi connectivity index (χ2n) is 4.28. The lowest BCUT2D eigenvalue weighted by atomic mass is 10.4. The van der Waals surface area contributed by atoms with Crippen LogP contribution in [0.2, 0.25) is 0 Å². The molecule has 0 aliphatic rings. The summed E-state index contributed by atoms with van der Waals surface area (Å²) in [5, 5.41) is 0. The molecule has 2 unspecified atom stereocenters. The SMILES string of the molecule is CCOC(=O)COCCOCCOCCOCC(C)OS(=O)O. The van der Waals surface area contributed by atoms with Crippen LogP contribution in [-0.2, 0) is 44.0 Å². The molecular weight excluding hydrogens is 332 g/mol. The number of ether oxygens (including phenoxy) is 5. The zero-order chi connectivity index (χ0) is 17.3. The zero-order valence-corrected chi connectivity index (χ0v) is 14.4. The Bertz CT molecular complexity index is 314. The van der Waals surface area contributed by atoms with Crippen molar-refractivity contribution in [2.75, 3.05) is 59.5 Å². The molecule has 9 nitrogen and oxygen atoms in total. The van der Waals surface area contributed by atoms with Crippen LogP contribution in [0.25, 0.3) is 0 Å². The highest BCUT2D eigenvalue weighted by Crippen LogP contribution is 1.94. The Balaban J connectivity index is 3.16. The van der Waals surface area contributed by atoms with Gasteiger partial charge in [-0.2, -0.15) is 4.21 Å². The highest BCUT2D eigenvalue weighted by molar-refractivity contribution is 7.74. The number of esters is 1. The molecule has 0 aliphatic carbocycles. The molecule has 0 aromatic carbocycles. The summed E-state index contributed by atoms with van der Waals surface area (Å²) in [4.78, 5) is 10.9. The minimum Gasteiger partial charge on any atom is -0.464 e. The average Bonchev–Trinajstić information content (AvgIpc) is 2.48. The van der Waals surface area contributed by atoms with Gasteiger partial charge in [0.1, 0.15) is 6.61 Å². The predicted octanol–water partition coefficient (Wildman–Crippen LogP) is 0.158. The molecule has 0 aliphatic heterocycles. The van der Waals surface area contributed by atoms with Crippen molar-refractivity contribution in [3.8, 4) is 0 Å². The average molecular weight is 358 g/mol. The molecule has 0 heterocycles. The van der Waals surface area contributed by atoms with Gasteiger partial charge in [-0.3, -0.25) is 8.74 Å². The van der Waals surface area contributed by atoms with Gasteiger partial charge in [-0.25, -0.2) is 4.79 Å². The monoisotopic (exact) mass is 358 g/mol. The Hall–Kier alpha value is -0.620. The molecule has 10 heteroatoms. The van der Waals surface area contributed by atoms with Gasteiger partial charge in [0.25, 0.3) is 0 Å². The summed E-state index contributed by atoms with van der Waals surface area (Å²) >= 11 is -2.28. The van der Waals surface area contributed by atoms with Crippen molar-refractivity contribution in [3.05, 3.63) is 0 Å². The Morgan fingerprint density at radius 2 is 1.52 bits per heavy atom. The molecule has 2 atom stereocenters. The third kappa shape index (κ3) is 17.6. The standard InChI is InChI=1S/C13H26O9S/c1-3-21-13(14)11-20-9-7-18-5-4-17-6-8-19-10-12(2)22-23(15)16/h12H,3-11H2,1-2H3,(H,15,16). The molecule has 0 rings (SSSR count).